The lowest BCUT2D eigenvalue weighted by molar-refractivity contribution is 0.288. The molecule has 0 aromatic carbocycles. The maximum absolute atomic E-state index is 8.86. The molecule has 0 saturated heterocycles. The number of aromatic nitrogens is 2. The van der Waals surface area contributed by atoms with Crippen LogP contribution in [0.5, 0.6) is 0 Å². The first-order valence-electron chi connectivity index (χ1n) is 6.51. The topological polar surface area (TPSA) is 44.9 Å². The van der Waals surface area contributed by atoms with Gasteiger partial charge in [-0.05, 0) is 42.2 Å². The number of hydrogen-bond acceptors (Lipinski definition) is 3. The van der Waals surface area contributed by atoms with E-state index in [0.29, 0.717) is 6.54 Å². The van der Waals surface area contributed by atoms with Gasteiger partial charge in [-0.2, -0.15) is 10.4 Å². The molecule has 18 heavy (non-hydrogen) atoms. The summed E-state index contributed by atoms with van der Waals surface area (Å²) in [4.78, 5) is 2.16. The van der Waals surface area contributed by atoms with Crippen LogP contribution in [0, 0.1) is 11.3 Å². The monoisotopic (exact) mass is 312 g/mol. The number of halogens is 1. The molecule has 0 saturated carbocycles. The third kappa shape index (κ3) is 3.56. The molecule has 0 N–H and O–H groups in total. The second kappa shape index (κ2) is 7.55. The lowest BCUT2D eigenvalue weighted by Gasteiger charge is -2.18. The van der Waals surface area contributed by atoms with E-state index in [1.165, 1.54) is 5.69 Å². The SMILES string of the molecule is CCCN(CC#N)Cc1c(Br)c(CC)nn1CC. The molecule has 0 aliphatic heterocycles. The Morgan fingerprint density at radius 3 is 2.61 bits per heavy atom. The van der Waals surface area contributed by atoms with E-state index < -0.39 is 0 Å². The minimum absolute atomic E-state index is 0.469. The first-order chi connectivity index (χ1) is 8.67. The van der Waals surface area contributed by atoms with Gasteiger partial charge in [-0.25, -0.2) is 0 Å². The Labute approximate surface area is 118 Å². The second-order valence-corrected chi connectivity index (χ2v) is 5.04. The van der Waals surface area contributed by atoms with Crippen molar-refractivity contribution in [3.63, 3.8) is 0 Å². The summed E-state index contributed by atoms with van der Waals surface area (Å²) in [6.45, 7) is 9.39. The summed E-state index contributed by atoms with van der Waals surface area (Å²) < 4.78 is 3.13. The highest BCUT2D eigenvalue weighted by atomic mass is 79.9. The van der Waals surface area contributed by atoms with Crippen molar-refractivity contribution in [2.75, 3.05) is 13.1 Å². The average molecular weight is 313 g/mol. The molecule has 4 nitrogen and oxygen atoms in total. The van der Waals surface area contributed by atoms with Crippen LogP contribution in [0.3, 0.4) is 0 Å². The summed E-state index contributed by atoms with van der Waals surface area (Å²) in [5.41, 5.74) is 2.28. The third-order valence-corrected chi connectivity index (χ3v) is 3.82. The first-order valence-corrected chi connectivity index (χ1v) is 7.30. The summed E-state index contributed by atoms with van der Waals surface area (Å²) in [5.74, 6) is 0. The Balaban J connectivity index is 2.93. The summed E-state index contributed by atoms with van der Waals surface area (Å²) in [7, 11) is 0. The first kappa shape index (κ1) is 15.2. The predicted octanol–water partition coefficient (Wildman–Crippen LogP) is 2.96. The van der Waals surface area contributed by atoms with Gasteiger partial charge >= 0.3 is 0 Å². The van der Waals surface area contributed by atoms with E-state index in [-0.39, 0.29) is 0 Å². The zero-order valence-electron chi connectivity index (χ0n) is 11.4. The van der Waals surface area contributed by atoms with Gasteiger partial charge in [0, 0.05) is 13.1 Å². The van der Waals surface area contributed by atoms with Gasteiger partial charge < -0.3 is 0 Å². The van der Waals surface area contributed by atoms with Gasteiger partial charge in [0.05, 0.1) is 28.5 Å². The molecule has 0 spiro atoms. The Kier molecular flexibility index (Phi) is 6.37. The Morgan fingerprint density at radius 2 is 2.11 bits per heavy atom. The molecule has 1 aromatic rings. The van der Waals surface area contributed by atoms with Gasteiger partial charge in [0.1, 0.15) is 0 Å². The van der Waals surface area contributed by atoms with Gasteiger partial charge in [-0.1, -0.05) is 13.8 Å². The van der Waals surface area contributed by atoms with Crippen molar-refractivity contribution in [3.05, 3.63) is 15.9 Å². The fraction of sp³-hybridized carbons (Fsp3) is 0.692. The molecule has 0 aliphatic rings. The summed E-state index contributed by atoms with van der Waals surface area (Å²) in [6.07, 6.45) is 1.98. The van der Waals surface area contributed by atoms with Crippen molar-refractivity contribution in [2.45, 2.75) is 46.7 Å². The summed E-state index contributed by atoms with van der Waals surface area (Å²) in [6, 6.07) is 2.23. The maximum atomic E-state index is 8.86. The van der Waals surface area contributed by atoms with Crippen molar-refractivity contribution < 1.29 is 0 Å². The van der Waals surface area contributed by atoms with Crippen molar-refractivity contribution in [1.82, 2.24) is 14.7 Å². The van der Waals surface area contributed by atoms with E-state index in [4.69, 9.17) is 5.26 Å². The molecule has 0 fully saturated rings. The van der Waals surface area contributed by atoms with Crippen LogP contribution in [0.15, 0.2) is 4.47 Å². The largest absolute Gasteiger partial charge is 0.285 e. The molecule has 0 atom stereocenters. The highest BCUT2D eigenvalue weighted by Gasteiger charge is 2.16. The fourth-order valence-corrected chi connectivity index (χ4v) is 2.70. The minimum atomic E-state index is 0.469. The number of aryl methyl sites for hydroxylation is 2. The molecule has 5 heteroatoms. The zero-order valence-corrected chi connectivity index (χ0v) is 13.0. The fourth-order valence-electron chi connectivity index (χ4n) is 2.01. The Bertz CT molecular complexity index is 419. The van der Waals surface area contributed by atoms with Gasteiger partial charge in [0.15, 0.2) is 0 Å². The van der Waals surface area contributed by atoms with Crippen molar-refractivity contribution in [3.8, 4) is 6.07 Å². The molecule has 0 radical (unpaired) electrons. The quantitative estimate of drug-likeness (QED) is 0.727. The van der Waals surface area contributed by atoms with Crippen LogP contribution >= 0.6 is 15.9 Å². The van der Waals surface area contributed by atoms with Crippen LogP contribution in [0.4, 0.5) is 0 Å². The van der Waals surface area contributed by atoms with Gasteiger partial charge in [-0.3, -0.25) is 9.58 Å². The normalized spacial score (nSPS) is 10.9. The van der Waals surface area contributed by atoms with Crippen molar-refractivity contribution in [2.24, 2.45) is 0 Å². The van der Waals surface area contributed by atoms with Crippen LogP contribution in [0.1, 0.15) is 38.6 Å². The standard InChI is InChI=1S/C13H21BrN4/c1-4-8-17(9-7-15)10-12-13(14)11(5-2)16-18(12)6-3/h4-6,8-10H2,1-3H3. The third-order valence-electron chi connectivity index (χ3n) is 2.90. The van der Waals surface area contributed by atoms with Gasteiger partial charge in [0.25, 0.3) is 0 Å². The molecule has 0 unspecified atom stereocenters. The lowest BCUT2D eigenvalue weighted by Crippen LogP contribution is -2.26. The second-order valence-electron chi connectivity index (χ2n) is 4.25. The Hall–Kier alpha value is -0.860. The molecule has 0 amide bonds. The van der Waals surface area contributed by atoms with Crippen LogP contribution in [-0.2, 0) is 19.5 Å². The molecule has 100 valence electrons. The molecular formula is C13H21BrN4. The highest BCUT2D eigenvalue weighted by molar-refractivity contribution is 9.10. The van der Waals surface area contributed by atoms with E-state index in [2.05, 4.69) is 52.8 Å². The molecule has 1 aromatic heterocycles. The maximum Gasteiger partial charge on any atom is 0.0869 e. The Morgan fingerprint density at radius 1 is 1.39 bits per heavy atom. The zero-order chi connectivity index (χ0) is 13.5. The van der Waals surface area contributed by atoms with E-state index in [1.54, 1.807) is 0 Å². The number of rotatable bonds is 7. The van der Waals surface area contributed by atoms with Crippen molar-refractivity contribution >= 4 is 15.9 Å². The van der Waals surface area contributed by atoms with E-state index >= 15 is 0 Å². The number of nitrogens with zero attached hydrogens (tertiary/aromatic N) is 4. The highest BCUT2D eigenvalue weighted by Crippen LogP contribution is 2.23. The number of hydrogen-bond donors (Lipinski definition) is 0. The van der Waals surface area contributed by atoms with Gasteiger partial charge in [-0.15, -0.1) is 0 Å². The smallest absolute Gasteiger partial charge is 0.0869 e. The summed E-state index contributed by atoms with van der Waals surface area (Å²) in [5, 5.41) is 13.4. The molecule has 0 aliphatic carbocycles. The molecule has 1 rings (SSSR count). The van der Waals surface area contributed by atoms with E-state index in [9.17, 15) is 0 Å². The lowest BCUT2D eigenvalue weighted by atomic mass is 10.3. The van der Waals surface area contributed by atoms with Crippen LogP contribution < -0.4 is 0 Å². The van der Waals surface area contributed by atoms with Crippen LogP contribution in [0.2, 0.25) is 0 Å². The van der Waals surface area contributed by atoms with Crippen LogP contribution in [-0.4, -0.2) is 27.8 Å². The average Bonchev–Trinajstić information content (AvgIpc) is 2.67. The van der Waals surface area contributed by atoms with E-state index in [1.807, 2.05) is 4.68 Å². The van der Waals surface area contributed by atoms with Gasteiger partial charge in [0.2, 0.25) is 0 Å². The molecule has 0 bridgehead atoms. The van der Waals surface area contributed by atoms with Crippen molar-refractivity contribution in [1.29, 1.82) is 5.26 Å². The summed E-state index contributed by atoms with van der Waals surface area (Å²) >= 11 is 3.64. The number of nitriles is 1. The molecule has 1 heterocycles. The van der Waals surface area contributed by atoms with Crippen LogP contribution in [0.25, 0.3) is 0 Å². The van der Waals surface area contributed by atoms with E-state index in [0.717, 1.165) is 42.6 Å². The molecular weight excluding hydrogens is 292 g/mol. The predicted molar refractivity (Wildman–Crippen MR) is 76.2 cm³/mol. The minimum Gasteiger partial charge on any atom is -0.285 e.